The standard InChI is InChI=1S/C30H27N5O3/c36-35(37)28-13-11-24(12-14-28)30-33(26-17-15-25(16-18-26)32-19-21-38-22-20-32)29(23-7-3-1-4-8-23)31-34(30)27-9-5-2-6-10-27/h1-18,30H,19-22H2/t30-/m0/s1. The summed E-state index contributed by atoms with van der Waals surface area (Å²) < 4.78 is 5.52. The highest BCUT2D eigenvalue weighted by Crippen LogP contribution is 2.41. The maximum Gasteiger partial charge on any atom is 0.269 e. The summed E-state index contributed by atoms with van der Waals surface area (Å²) in [5.74, 6) is 0.803. The third-order valence-electron chi connectivity index (χ3n) is 6.87. The van der Waals surface area contributed by atoms with Gasteiger partial charge in [-0.15, -0.1) is 0 Å². The van der Waals surface area contributed by atoms with Gasteiger partial charge in [0.2, 0.25) is 0 Å². The lowest BCUT2D eigenvalue weighted by molar-refractivity contribution is -0.384. The monoisotopic (exact) mass is 505 g/mol. The van der Waals surface area contributed by atoms with Crippen molar-refractivity contribution in [1.29, 1.82) is 0 Å². The van der Waals surface area contributed by atoms with Crippen LogP contribution in [0.3, 0.4) is 0 Å². The van der Waals surface area contributed by atoms with Gasteiger partial charge in [-0.1, -0.05) is 48.5 Å². The van der Waals surface area contributed by atoms with Gasteiger partial charge in [-0.25, -0.2) is 5.01 Å². The molecule has 2 aliphatic heterocycles. The van der Waals surface area contributed by atoms with Gasteiger partial charge in [0.25, 0.3) is 5.69 Å². The lowest BCUT2D eigenvalue weighted by Crippen LogP contribution is -2.37. The molecule has 1 atom stereocenters. The van der Waals surface area contributed by atoms with Crippen LogP contribution in [0.15, 0.2) is 114 Å². The van der Waals surface area contributed by atoms with E-state index in [9.17, 15) is 10.1 Å². The number of anilines is 3. The smallest absolute Gasteiger partial charge is 0.269 e. The third kappa shape index (κ3) is 4.57. The molecule has 190 valence electrons. The molecule has 1 saturated heterocycles. The van der Waals surface area contributed by atoms with E-state index in [4.69, 9.17) is 9.84 Å². The molecule has 0 saturated carbocycles. The summed E-state index contributed by atoms with van der Waals surface area (Å²) in [4.78, 5) is 15.5. The van der Waals surface area contributed by atoms with Crippen molar-refractivity contribution in [3.63, 3.8) is 0 Å². The molecule has 0 unspecified atom stereocenters. The zero-order valence-electron chi connectivity index (χ0n) is 20.8. The van der Waals surface area contributed by atoms with Crippen LogP contribution >= 0.6 is 0 Å². The molecule has 8 nitrogen and oxygen atoms in total. The molecule has 0 amide bonds. The first-order valence-corrected chi connectivity index (χ1v) is 12.6. The number of rotatable bonds is 6. The molecule has 6 rings (SSSR count). The molecule has 0 aromatic heterocycles. The van der Waals surface area contributed by atoms with Crippen LogP contribution in [0.1, 0.15) is 17.3 Å². The molecule has 1 fully saturated rings. The topological polar surface area (TPSA) is 74.5 Å². The molecule has 2 aliphatic rings. The van der Waals surface area contributed by atoms with E-state index < -0.39 is 0 Å². The minimum Gasteiger partial charge on any atom is -0.378 e. The Bertz CT molecular complexity index is 1420. The Morgan fingerprint density at radius 1 is 0.737 bits per heavy atom. The van der Waals surface area contributed by atoms with Gasteiger partial charge in [-0.2, -0.15) is 5.10 Å². The third-order valence-corrected chi connectivity index (χ3v) is 6.87. The molecule has 0 radical (unpaired) electrons. The van der Waals surface area contributed by atoms with Gasteiger partial charge >= 0.3 is 0 Å². The Hall–Kier alpha value is -4.69. The Kier molecular flexibility index (Phi) is 6.46. The van der Waals surface area contributed by atoms with Crippen LogP contribution in [0, 0.1) is 10.1 Å². The highest BCUT2D eigenvalue weighted by atomic mass is 16.6. The van der Waals surface area contributed by atoms with Crippen LogP contribution in [0.2, 0.25) is 0 Å². The van der Waals surface area contributed by atoms with Gasteiger partial charge in [-0.3, -0.25) is 15.0 Å². The lowest BCUT2D eigenvalue weighted by Gasteiger charge is -2.33. The number of hydrazone groups is 1. The number of nitrogens with zero attached hydrogens (tertiary/aromatic N) is 5. The van der Waals surface area contributed by atoms with Gasteiger partial charge in [0.05, 0.1) is 23.8 Å². The highest BCUT2D eigenvalue weighted by molar-refractivity contribution is 6.12. The number of morpholine rings is 1. The largest absolute Gasteiger partial charge is 0.378 e. The van der Waals surface area contributed by atoms with E-state index in [0.29, 0.717) is 0 Å². The fraction of sp³-hybridized carbons (Fsp3) is 0.167. The first kappa shape index (κ1) is 23.7. The van der Waals surface area contributed by atoms with E-state index >= 15 is 0 Å². The average molecular weight is 506 g/mol. The quantitative estimate of drug-likeness (QED) is 0.243. The van der Waals surface area contributed by atoms with E-state index in [1.54, 1.807) is 12.1 Å². The summed E-state index contributed by atoms with van der Waals surface area (Å²) in [5.41, 5.74) is 4.99. The summed E-state index contributed by atoms with van der Waals surface area (Å²) in [6, 6.07) is 35.4. The molecule has 4 aromatic rings. The van der Waals surface area contributed by atoms with E-state index in [-0.39, 0.29) is 16.8 Å². The second-order valence-corrected chi connectivity index (χ2v) is 9.18. The van der Waals surface area contributed by atoms with Crippen LogP contribution in [-0.4, -0.2) is 37.1 Å². The van der Waals surface area contributed by atoms with Gasteiger partial charge < -0.3 is 9.64 Å². The predicted molar refractivity (Wildman–Crippen MR) is 150 cm³/mol. The van der Waals surface area contributed by atoms with Crippen LogP contribution in [0.4, 0.5) is 22.7 Å². The zero-order chi connectivity index (χ0) is 25.9. The molecule has 2 heterocycles. The number of non-ortho nitro benzene ring substituents is 1. The Balaban J connectivity index is 1.47. The number of para-hydroxylation sites is 1. The van der Waals surface area contributed by atoms with Crippen molar-refractivity contribution in [3.8, 4) is 0 Å². The fourth-order valence-corrected chi connectivity index (χ4v) is 4.96. The second-order valence-electron chi connectivity index (χ2n) is 9.18. The molecule has 0 spiro atoms. The Labute approximate surface area is 221 Å². The molecular formula is C30H27N5O3. The summed E-state index contributed by atoms with van der Waals surface area (Å²) in [6.45, 7) is 3.19. The Morgan fingerprint density at radius 2 is 1.34 bits per heavy atom. The summed E-state index contributed by atoms with van der Waals surface area (Å²) >= 11 is 0. The van der Waals surface area contributed by atoms with Crippen molar-refractivity contribution in [2.24, 2.45) is 5.10 Å². The molecule has 8 heteroatoms. The van der Waals surface area contributed by atoms with Crippen LogP contribution < -0.4 is 14.8 Å². The maximum atomic E-state index is 11.4. The molecular weight excluding hydrogens is 478 g/mol. The molecule has 0 aliphatic carbocycles. The van der Waals surface area contributed by atoms with Crippen LogP contribution in [-0.2, 0) is 4.74 Å². The predicted octanol–water partition coefficient (Wildman–Crippen LogP) is 5.82. The Morgan fingerprint density at radius 3 is 1.97 bits per heavy atom. The van der Waals surface area contributed by atoms with Crippen molar-refractivity contribution in [2.75, 3.05) is 41.1 Å². The first-order chi connectivity index (χ1) is 18.7. The maximum absolute atomic E-state index is 11.4. The number of nitro groups is 1. The van der Waals surface area contributed by atoms with Gasteiger partial charge in [-0.05, 0) is 54.1 Å². The number of benzene rings is 4. The first-order valence-electron chi connectivity index (χ1n) is 12.6. The lowest BCUT2D eigenvalue weighted by atomic mass is 10.1. The van der Waals surface area contributed by atoms with Crippen LogP contribution in [0.5, 0.6) is 0 Å². The minimum absolute atomic E-state index is 0.0589. The molecule has 38 heavy (non-hydrogen) atoms. The molecule has 0 bridgehead atoms. The fourth-order valence-electron chi connectivity index (χ4n) is 4.96. The van der Waals surface area contributed by atoms with E-state index in [1.807, 2.05) is 65.7 Å². The number of ether oxygens (including phenoxy) is 1. The summed E-state index contributed by atoms with van der Waals surface area (Å²) in [7, 11) is 0. The normalized spacial score (nSPS) is 17.4. The summed E-state index contributed by atoms with van der Waals surface area (Å²) in [5, 5.41) is 18.5. The van der Waals surface area contributed by atoms with Gasteiger partial charge in [0, 0.05) is 42.2 Å². The number of nitro benzene ring substituents is 1. The van der Waals surface area contributed by atoms with E-state index in [2.05, 4.69) is 46.2 Å². The number of hydrogen-bond donors (Lipinski definition) is 0. The number of hydrogen-bond acceptors (Lipinski definition) is 7. The van der Waals surface area contributed by atoms with E-state index in [1.165, 1.54) is 0 Å². The van der Waals surface area contributed by atoms with Crippen molar-refractivity contribution < 1.29 is 9.66 Å². The van der Waals surface area contributed by atoms with Gasteiger partial charge in [0.1, 0.15) is 0 Å². The highest BCUT2D eigenvalue weighted by Gasteiger charge is 2.38. The number of amidine groups is 1. The van der Waals surface area contributed by atoms with Crippen molar-refractivity contribution in [3.05, 3.63) is 130 Å². The molecule has 4 aromatic carbocycles. The van der Waals surface area contributed by atoms with E-state index in [0.717, 1.165) is 60.3 Å². The zero-order valence-corrected chi connectivity index (χ0v) is 20.8. The van der Waals surface area contributed by atoms with Gasteiger partial charge in [0.15, 0.2) is 12.0 Å². The second kappa shape index (κ2) is 10.4. The SMILES string of the molecule is O=[N+]([O-])c1ccc([C@@H]2N(c3ccccc3)N=C(c3ccccc3)N2c2ccc(N3CCOCC3)cc2)cc1. The van der Waals surface area contributed by atoms with Crippen LogP contribution in [0.25, 0.3) is 0 Å². The summed E-state index contributed by atoms with van der Waals surface area (Å²) in [6.07, 6.45) is -0.345. The minimum atomic E-state index is -0.374. The average Bonchev–Trinajstić information content (AvgIpc) is 3.39. The van der Waals surface area contributed by atoms with Crippen molar-refractivity contribution in [1.82, 2.24) is 0 Å². The van der Waals surface area contributed by atoms with Crippen molar-refractivity contribution >= 4 is 28.6 Å². The molecule has 0 N–H and O–H groups in total. The van der Waals surface area contributed by atoms with Crippen molar-refractivity contribution in [2.45, 2.75) is 6.17 Å².